The molecule has 0 saturated heterocycles. The van der Waals surface area contributed by atoms with E-state index in [4.69, 9.17) is 5.11 Å². The fourth-order valence-electron chi connectivity index (χ4n) is 3.13. The molecule has 0 heterocycles. The van der Waals surface area contributed by atoms with E-state index in [9.17, 15) is 4.79 Å². The van der Waals surface area contributed by atoms with Gasteiger partial charge < -0.3 is 5.11 Å². The van der Waals surface area contributed by atoms with Gasteiger partial charge in [-0.25, -0.2) is 0 Å². The summed E-state index contributed by atoms with van der Waals surface area (Å²) in [6, 6.07) is 16.8. The maximum atomic E-state index is 11.0. The third-order valence-electron chi connectivity index (χ3n) is 4.11. The third-order valence-corrected chi connectivity index (χ3v) is 4.11. The molecule has 2 aromatic rings. The highest BCUT2D eigenvalue weighted by Crippen LogP contribution is 2.36. The van der Waals surface area contributed by atoms with E-state index in [1.807, 2.05) is 18.2 Å². The first-order valence-corrected chi connectivity index (χ1v) is 7.14. The molecule has 3 rings (SSSR count). The molecular formula is C18H18O2. The van der Waals surface area contributed by atoms with Gasteiger partial charge in [-0.05, 0) is 47.4 Å². The smallest absolute Gasteiger partial charge is 0.303 e. The Hall–Kier alpha value is -2.09. The van der Waals surface area contributed by atoms with Gasteiger partial charge in [0.2, 0.25) is 0 Å². The van der Waals surface area contributed by atoms with E-state index in [0.717, 1.165) is 19.3 Å². The first kappa shape index (κ1) is 12.9. The largest absolute Gasteiger partial charge is 0.481 e. The Bertz CT molecular complexity index is 617. The van der Waals surface area contributed by atoms with E-state index >= 15 is 0 Å². The molecule has 1 unspecified atom stereocenters. The first-order valence-electron chi connectivity index (χ1n) is 7.14. The Morgan fingerprint density at radius 2 is 1.90 bits per heavy atom. The molecular weight excluding hydrogens is 248 g/mol. The molecule has 1 aliphatic carbocycles. The Kier molecular flexibility index (Phi) is 3.55. The van der Waals surface area contributed by atoms with Gasteiger partial charge in [0, 0.05) is 0 Å². The lowest BCUT2D eigenvalue weighted by Gasteiger charge is -2.25. The van der Waals surface area contributed by atoms with Crippen LogP contribution in [0.4, 0.5) is 0 Å². The Balaban J connectivity index is 1.99. The molecule has 102 valence electrons. The Morgan fingerprint density at radius 1 is 1.10 bits per heavy atom. The van der Waals surface area contributed by atoms with E-state index in [0.29, 0.717) is 0 Å². The van der Waals surface area contributed by atoms with Crippen molar-refractivity contribution in [1.82, 2.24) is 0 Å². The molecule has 0 amide bonds. The minimum absolute atomic E-state index is 0.167. The maximum absolute atomic E-state index is 11.0. The number of carboxylic acids is 1. The Morgan fingerprint density at radius 3 is 2.65 bits per heavy atom. The lowest BCUT2D eigenvalue weighted by Crippen LogP contribution is -2.13. The van der Waals surface area contributed by atoms with Crippen LogP contribution in [0, 0.1) is 0 Å². The number of aryl methyl sites for hydroxylation is 1. The molecule has 0 fully saturated rings. The molecule has 0 aliphatic heterocycles. The van der Waals surface area contributed by atoms with Gasteiger partial charge in [-0.2, -0.15) is 0 Å². The second-order valence-corrected chi connectivity index (χ2v) is 5.47. The van der Waals surface area contributed by atoms with E-state index in [-0.39, 0.29) is 12.3 Å². The van der Waals surface area contributed by atoms with Gasteiger partial charge in [0.1, 0.15) is 0 Å². The van der Waals surface area contributed by atoms with Crippen molar-refractivity contribution in [2.24, 2.45) is 0 Å². The standard InChI is InChI=1S/C18H18O2/c19-18(20)12-16-8-4-7-14-9-10-15(11-17(14)16)13-5-2-1-3-6-13/h1-3,5-6,9-11,16H,4,7-8,12H2,(H,19,20). The van der Waals surface area contributed by atoms with Crippen molar-refractivity contribution < 1.29 is 9.90 Å². The van der Waals surface area contributed by atoms with Crippen molar-refractivity contribution in [3.63, 3.8) is 0 Å². The van der Waals surface area contributed by atoms with Crippen LogP contribution in [0.2, 0.25) is 0 Å². The normalized spacial score (nSPS) is 17.5. The van der Waals surface area contributed by atoms with Crippen LogP contribution in [0.1, 0.15) is 36.3 Å². The number of hydrogen-bond acceptors (Lipinski definition) is 1. The van der Waals surface area contributed by atoms with Gasteiger partial charge in [0.25, 0.3) is 0 Å². The second-order valence-electron chi connectivity index (χ2n) is 5.47. The van der Waals surface area contributed by atoms with Gasteiger partial charge in [-0.15, -0.1) is 0 Å². The molecule has 0 spiro atoms. The number of benzene rings is 2. The van der Waals surface area contributed by atoms with Crippen molar-refractivity contribution >= 4 is 5.97 Å². The van der Waals surface area contributed by atoms with Crippen LogP contribution in [-0.4, -0.2) is 11.1 Å². The minimum Gasteiger partial charge on any atom is -0.481 e. The van der Waals surface area contributed by atoms with Gasteiger partial charge >= 0.3 is 5.97 Å². The molecule has 20 heavy (non-hydrogen) atoms. The summed E-state index contributed by atoms with van der Waals surface area (Å²) in [6.45, 7) is 0. The molecule has 0 bridgehead atoms. The summed E-state index contributed by atoms with van der Waals surface area (Å²) in [5.41, 5.74) is 4.93. The van der Waals surface area contributed by atoms with Crippen LogP contribution in [0.3, 0.4) is 0 Å². The summed E-state index contributed by atoms with van der Waals surface area (Å²) in [5.74, 6) is -0.534. The lowest BCUT2D eigenvalue weighted by atomic mass is 9.80. The molecule has 2 aromatic carbocycles. The third kappa shape index (κ3) is 2.60. The molecule has 0 radical (unpaired) electrons. The minimum atomic E-state index is -0.701. The summed E-state index contributed by atoms with van der Waals surface area (Å²) < 4.78 is 0. The zero-order chi connectivity index (χ0) is 13.9. The van der Waals surface area contributed by atoms with Crippen molar-refractivity contribution in [1.29, 1.82) is 0 Å². The van der Waals surface area contributed by atoms with Crippen LogP contribution in [0.5, 0.6) is 0 Å². The molecule has 2 nitrogen and oxygen atoms in total. The molecule has 0 saturated carbocycles. The Labute approximate surface area is 119 Å². The van der Waals surface area contributed by atoms with E-state index in [1.165, 1.54) is 22.3 Å². The van der Waals surface area contributed by atoms with Crippen LogP contribution in [-0.2, 0) is 11.2 Å². The van der Waals surface area contributed by atoms with Crippen molar-refractivity contribution in [3.05, 3.63) is 59.7 Å². The van der Waals surface area contributed by atoms with Crippen LogP contribution < -0.4 is 0 Å². The number of hydrogen-bond donors (Lipinski definition) is 1. The fraction of sp³-hybridized carbons (Fsp3) is 0.278. The summed E-state index contributed by atoms with van der Waals surface area (Å²) in [4.78, 5) is 11.0. The van der Waals surface area contributed by atoms with Crippen LogP contribution in [0.25, 0.3) is 11.1 Å². The average Bonchev–Trinajstić information content (AvgIpc) is 2.47. The maximum Gasteiger partial charge on any atom is 0.303 e. The van der Waals surface area contributed by atoms with Gasteiger partial charge in [-0.1, -0.05) is 48.5 Å². The first-order chi connectivity index (χ1) is 9.74. The van der Waals surface area contributed by atoms with E-state index < -0.39 is 5.97 Å². The summed E-state index contributed by atoms with van der Waals surface area (Å²) in [7, 11) is 0. The predicted octanol–water partition coefficient (Wildman–Crippen LogP) is 4.25. The van der Waals surface area contributed by atoms with E-state index in [1.54, 1.807) is 0 Å². The summed E-state index contributed by atoms with van der Waals surface area (Å²) in [5, 5.41) is 9.08. The van der Waals surface area contributed by atoms with Gasteiger partial charge in [-0.3, -0.25) is 4.79 Å². The predicted molar refractivity (Wildman–Crippen MR) is 79.8 cm³/mol. The highest BCUT2D eigenvalue weighted by molar-refractivity contribution is 5.69. The summed E-state index contributed by atoms with van der Waals surface area (Å²) in [6.07, 6.45) is 3.39. The molecule has 2 heteroatoms. The zero-order valence-electron chi connectivity index (χ0n) is 11.4. The summed E-state index contributed by atoms with van der Waals surface area (Å²) >= 11 is 0. The topological polar surface area (TPSA) is 37.3 Å². The van der Waals surface area contributed by atoms with Crippen LogP contribution in [0.15, 0.2) is 48.5 Å². The molecule has 0 aromatic heterocycles. The highest BCUT2D eigenvalue weighted by Gasteiger charge is 2.22. The molecule has 1 aliphatic rings. The highest BCUT2D eigenvalue weighted by atomic mass is 16.4. The second kappa shape index (κ2) is 5.49. The van der Waals surface area contributed by atoms with Crippen molar-refractivity contribution in [2.45, 2.75) is 31.6 Å². The zero-order valence-corrected chi connectivity index (χ0v) is 11.4. The SMILES string of the molecule is O=C(O)CC1CCCc2ccc(-c3ccccc3)cc21. The van der Waals surface area contributed by atoms with Gasteiger partial charge in [0.05, 0.1) is 6.42 Å². The number of rotatable bonds is 3. The quantitative estimate of drug-likeness (QED) is 0.901. The van der Waals surface area contributed by atoms with E-state index in [2.05, 4.69) is 30.3 Å². The van der Waals surface area contributed by atoms with Gasteiger partial charge in [0.15, 0.2) is 0 Å². The number of fused-ring (bicyclic) bond motifs is 1. The molecule has 1 atom stereocenters. The number of carboxylic acid groups (broad SMARTS) is 1. The lowest BCUT2D eigenvalue weighted by molar-refractivity contribution is -0.137. The van der Waals surface area contributed by atoms with Crippen molar-refractivity contribution in [3.8, 4) is 11.1 Å². The van der Waals surface area contributed by atoms with Crippen molar-refractivity contribution in [2.75, 3.05) is 0 Å². The fourth-order valence-corrected chi connectivity index (χ4v) is 3.13. The molecule has 1 N–H and O–H groups in total. The number of carbonyl (C=O) groups is 1. The monoisotopic (exact) mass is 266 g/mol. The van der Waals surface area contributed by atoms with Crippen LogP contribution >= 0.6 is 0 Å². The average molecular weight is 266 g/mol. The number of aliphatic carboxylic acids is 1.